The molecule has 5 aromatic rings. The van der Waals surface area contributed by atoms with Crippen LogP contribution in [0.4, 0.5) is 5.69 Å². The summed E-state index contributed by atoms with van der Waals surface area (Å²) < 4.78 is 1.92. The minimum absolute atomic E-state index is 0.0970. The van der Waals surface area contributed by atoms with E-state index in [2.05, 4.69) is 11.1 Å². The number of hydrogen-bond donors (Lipinski definition) is 2. The molecule has 0 spiro atoms. The number of carboxylic acid groups (broad SMARTS) is 1. The van der Waals surface area contributed by atoms with Crippen LogP contribution in [0.5, 0.6) is 0 Å². The maximum absolute atomic E-state index is 13.8. The van der Waals surface area contributed by atoms with E-state index in [9.17, 15) is 14.7 Å². The van der Waals surface area contributed by atoms with Gasteiger partial charge in [-0.3, -0.25) is 9.69 Å². The van der Waals surface area contributed by atoms with E-state index in [-0.39, 0.29) is 11.5 Å². The summed E-state index contributed by atoms with van der Waals surface area (Å²) in [5.41, 5.74) is 6.42. The monoisotopic (exact) mass is 560 g/mol. The fourth-order valence-corrected chi connectivity index (χ4v) is 6.28. The molecule has 2 N–H and O–H groups in total. The molecule has 1 aliphatic rings. The van der Waals surface area contributed by atoms with Gasteiger partial charge < -0.3 is 14.7 Å². The molecular formula is C33H28N4O3S. The molecule has 1 aliphatic heterocycles. The second-order valence-corrected chi connectivity index (χ2v) is 10.9. The highest BCUT2D eigenvalue weighted by Gasteiger charge is 2.33. The standard InChI is InChI=1S/C33H28N4O3S/c1-21-18-24(22(2)37(21)29-15-9-7-13-27(29)32(39)40)19-30-31(38)36(33(41-30)35-25-10-4-3-5-11-25)17-16-23-20-34-28-14-8-6-12-26(23)28/h3-15,18-20,34H,16-17H2,1-2H3,(H,39,40). The largest absolute Gasteiger partial charge is 0.478 e. The first-order chi connectivity index (χ1) is 19.9. The van der Waals surface area contributed by atoms with Gasteiger partial charge in [-0.1, -0.05) is 48.5 Å². The van der Waals surface area contributed by atoms with Crippen molar-refractivity contribution in [1.29, 1.82) is 0 Å². The smallest absolute Gasteiger partial charge is 0.337 e. The fourth-order valence-electron chi connectivity index (χ4n) is 5.27. The van der Waals surface area contributed by atoms with Gasteiger partial charge in [0.05, 0.1) is 21.8 Å². The van der Waals surface area contributed by atoms with E-state index in [1.165, 1.54) is 11.8 Å². The van der Waals surface area contributed by atoms with Gasteiger partial charge in [-0.15, -0.1) is 0 Å². The Balaban J connectivity index is 1.35. The van der Waals surface area contributed by atoms with Crippen LogP contribution < -0.4 is 0 Å². The number of aromatic amines is 1. The van der Waals surface area contributed by atoms with Gasteiger partial charge in [-0.2, -0.15) is 0 Å². The molecule has 1 amide bonds. The summed E-state index contributed by atoms with van der Waals surface area (Å²) in [5, 5.41) is 11.5. The highest BCUT2D eigenvalue weighted by Crippen LogP contribution is 2.36. The van der Waals surface area contributed by atoms with Gasteiger partial charge in [-0.05, 0) is 85.6 Å². The second kappa shape index (κ2) is 11.0. The van der Waals surface area contributed by atoms with E-state index in [4.69, 9.17) is 4.99 Å². The number of nitrogens with zero attached hydrogens (tertiary/aromatic N) is 3. The van der Waals surface area contributed by atoms with Crippen LogP contribution in [0.15, 0.2) is 101 Å². The first kappa shape index (κ1) is 26.4. The number of aromatic carboxylic acids is 1. The Kier molecular flexibility index (Phi) is 7.07. The van der Waals surface area contributed by atoms with Crippen LogP contribution in [-0.4, -0.2) is 43.1 Å². The lowest BCUT2D eigenvalue weighted by atomic mass is 10.1. The summed E-state index contributed by atoms with van der Waals surface area (Å²) in [6.45, 7) is 4.37. The first-order valence-electron chi connectivity index (χ1n) is 13.3. The van der Waals surface area contributed by atoms with Crippen LogP contribution in [0.25, 0.3) is 22.7 Å². The maximum atomic E-state index is 13.8. The number of fused-ring (bicyclic) bond motifs is 1. The number of thioether (sulfide) groups is 1. The zero-order valence-electron chi connectivity index (χ0n) is 22.7. The summed E-state index contributed by atoms with van der Waals surface area (Å²) in [7, 11) is 0. The molecule has 204 valence electrons. The van der Waals surface area contributed by atoms with Crippen molar-refractivity contribution in [2.24, 2.45) is 4.99 Å². The molecule has 0 aliphatic carbocycles. The molecule has 1 fully saturated rings. The molecule has 0 saturated carbocycles. The number of nitrogens with one attached hydrogen (secondary N) is 1. The first-order valence-corrected chi connectivity index (χ1v) is 14.1. The number of carbonyl (C=O) groups is 2. The quantitative estimate of drug-likeness (QED) is 0.207. The number of carbonyl (C=O) groups excluding carboxylic acids is 1. The molecule has 7 nitrogen and oxygen atoms in total. The van der Waals surface area contributed by atoms with E-state index in [1.54, 1.807) is 23.1 Å². The lowest BCUT2D eigenvalue weighted by Crippen LogP contribution is -2.31. The van der Waals surface area contributed by atoms with Gasteiger partial charge in [0, 0.05) is 35.0 Å². The molecule has 8 heteroatoms. The minimum Gasteiger partial charge on any atom is -0.478 e. The number of hydrogen-bond acceptors (Lipinski definition) is 4. The number of para-hydroxylation sites is 3. The third kappa shape index (κ3) is 5.10. The third-order valence-corrected chi connectivity index (χ3v) is 8.29. The zero-order valence-corrected chi connectivity index (χ0v) is 23.5. The van der Waals surface area contributed by atoms with Crippen LogP contribution in [0.3, 0.4) is 0 Å². The van der Waals surface area contributed by atoms with Crippen molar-refractivity contribution >= 4 is 51.5 Å². The van der Waals surface area contributed by atoms with Crippen molar-refractivity contribution < 1.29 is 14.7 Å². The second-order valence-electron chi connectivity index (χ2n) is 9.89. The van der Waals surface area contributed by atoms with Crippen LogP contribution >= 0.6 is 11.8 Å². The number of benzene rings is 3. The number of carboxylic acids is 1. The molecule has 0 bridgehead atoms. The van der Waals surface area contributed by atoms with E-state index in [0.717, 1.165) is 39.1 Å². The number of aliphatic imine (C=N–C) groups is 1. The van der Waals surface area contributed by atoms with Gasteiger partial charge in [0.2, 0.25) is 0 Å². The number of H-pyrrole nitrogens is 1. The van der Waals surface area contributed by atoms with Crippen molar-refractivity contribution in [2.45, 2.75) is 20.3 Å². The topological polar surface area (TPSA) is 90.7 Å². The number of amides is 1. The average Bonchev–Trinajstić information content (AvgIpc) is 3.61. The van der Waals surface area contributed by atoms with E-state index in [1.807, 2.05) is 91.4 Å². The minimum atomic E-state index is -0.984. The van der Waals surface area contributed by atoms with Crippen LogP contribution in [0.2, 0.25) is 0 Å². The molecule has 2 aromatic heterocycles. The van der Waals surface area contributed by atoms with Gasteiger partial charge in [0.25, 0.3) is 5.91 Å². The van der Waals surface area contributed by atoms with Gasteiger partial charge in [-0.25, -0.2) is 9.79 Å². The Hall–Kier alpha value is -4.82. The highest BCUT2D eigenvalue weighted by molar-refractivity contribution is 8.18. The van der Waals surface area contributed by atoms with Crippen LogP contribution in [-0.2, 0) is 11.2 Å². The molecule has 0 radical (unpaired) electrons. The molecule has 0 unspecified atom stereocenters. The predicted octanol–water partition coefficient (Wildman–Crippen LogP) is 7.12. The van der Waals surface area contributed by atoms with Crippen LogP contribution in [0, 0.1) is 13.8 Å². The van der Waals surface area contributed by atoms with Gasteiger partial charge in [0.1, 0.15) is 0 Å². The summed E-state index contributed by atoms with van der Waals surface area (Å²) in [6.07, 6.45) is 4.58. The maximum Gasteiger partial charge on any atom is 0.337 e. The number of aromatic nitrogens is 2. The molecular weight excluding hydrogens is 532 g/mol. The van der Waals surface area contributed by atoms with E-state index in [0.29, 0.717) is 28.7 Å². The van der Waals surface area contributed by atoms with Crippen molar-refractivity contribution in [3.05, 3.63) is 124 Å². The molecule has 0 atom stereocenters. The van der Waals surface area contributed by atoms with Gasteiger partial charge >= 0.3 is 5.97 Å². The normalized spacial score (nSPS) is 15.5. The van der Waals surface area contributed by atoms with Crippen molar-refractivity contribution in [1.82, 2.24) is 14.5 Å². The lowest BCUT2D eigenvalue weighted by molar-refractivity contribution is -0.122. The average molecular weight is 561 g/mol. The molecule has 6 rings (SSSR count). The molecule has 3 aromatic carbocycles. The summed E-state index contributed by atoms with van der Waals surface area (Å²) in [4.78, 5) is 36.2. The number of amidine groups is 1. The zero-order chi connectivity index (χ0) is 28.5. The van der Waals surface area contributed by atoms with Gasteiger partial charge in [0.15, 0.2) is 5.17 Å². The van der Waals surface area contributed by atoms with Crippen molar-refractivity contribution in [3.8, 4) is 5.69 Å². The Morgan fingerprint density at radius 3 is 2.54 bits per heavy atom. The Morgan fingerprint density at radius 2 is 1.73 bits per heavy atom. The number of aryl methyl sites for hydroxylation is 1. The lowest BCUT2D eigenvalue weighted by Gasteiger charge is -2.15. The summed E-state index contributed by atoms with van der Waals surface area (Å²) in [6, 6.07) is 26.7. The highest BCUT2D eigenvalue weighted by atomic mass is 32.2. The fraction of sp³-hybridized carbons (Fsp3) is 0.121. The Bertz CT molecular complexity index is 1850. The molecule has 3 heterocycles. The third-order valence-electron chi connectivity index (χ3n) is 7.28. The van der Waals surface area contributed by atoms with E-state index < -0.39 is 5.97 Å². The molecule has 1 saturated heterocycles. The van der Waals surface area contributed by atoms with E-state index >= 15 is 0 Å². The van der Waals surface area contributed by atoms with Crippen molar-refractivity contribution in [2.75, 3.05) is 6.54 Å². The summed E-state index contributed by atoms with van der Waals surface area (Å²) >= 11 is 1.36. The SMILES string of the molecule is Cc1cc(C=C2SC(=Nc3ccccc3)N(CCc3c[nH]c4ccccc34)C2=O)c(C)n1-c1ccccc1C(=O)O. The van der Waals surface area contributed by atoms with Crippen molar-refractivity contribution in [3.63, 3.8) is 0 Å². The Morgan fingerprint density at radius 1 is 1.00 bits per heavy atom. The Labute approximate surface area is 241 Å². The predicted molar refractivity (Wildman–Crippen MR) is 165 cm³/mol. The molecule has 41 heavy (non-hydrogen) atoms. The summed E-state index contributed by atoms with van der Waals surface area (Å²) in [5.74, 6) is -1.08. The number of rotatable bonds is 7. The van der Waals surface area contributed by atoms with Crippen LogP contribution in [0.1, 0.15) is 32.9 Å².